The zero-order valence-electron chi connectivity index (χ0n) is 6.93. The van der Waals surface area contributed by atoms with Crippen molar-refractivity contribution in [2.45, 2.75) is 33.1 Å². The fourth-order valence-electron chi connectivity index (χ4n) is 1.94. The van der Waals surface area contributed by atoms with Crippen LogP contribution in [0.5, 0.6) is 0 Å². The summed E-state index contributed by atoms with van der Waals surface area (Å²) in [6.07, 6.45) is 5.52. The van der Waals surface area contributed by atoms with Gasteiger partial charge in [-0.2, -0.15) is 0 Å². The van der Waals surface area contributed by atoms with Gasteiger partial charge in [0.25, 0.3) is 0 Å². The number of hydrogen-bond donors (Lipinski definition) is 1. The fraction of sp³-hybridized carbons (Fsp3) is 0.889. The average Bonchev–Trinajstić information content (AvgIpc) is 1.88. The molecular weight excluding hydrogens is 122 g/mol. The average molecular weight is 139 g/mol. The molecule has 1 aliphatic carbocycles. The Morgan fingerprint density at radius 1 is 1.30 bits per heavy atom. The molecule has 1 fully saturated rings. The van der Waals surface area contributed by atoms with Gasteiger partial charge in [0.15, 0.2) is 0 Å². The van der Waals surface area contributed by atoms with E-state index >= 15 is 0 Å². The van der Waals surface area contributed by atoms with Crippen molar-refractivity contribution in [1.82, 2.24) is 0 Å². The lowest BCUT2D eigenvalue weighted by molar-refractivity contribution is 0.259. The van der Waals surface area contributed by atoms with Gasteiger partial charge in [-0.15, -0.1) is 0 Å². The summed E-state index contributed by atoms with van der Waals surface area (Å²) in [6, 6.07) is 0. The standard InChI is InChI=1S/C9H17N/c1-7-3-4-9(6-10)8(2)5-7/h6-10H,3-5H2,1-2H3. The smallest absolute Gasteiger partial charge is 0.00141 e. The first-order chi connectivity index (χ1) is 4.74. The second kappa shape index (κ2) is 3.18. The highest BCUT2D eigenvalue weighted by molar-refractivity contribution is 5.57. The van der Waals surface area contributed by atoms with Crippen molar-refractivity contribution in [1.29, 1.82) is 5.41 Å². The molecule has 1 nitrogen and oxygen atoms in total. The van der Waals surface area contributed by atoms with Crippen molar-refractivity contribution < 1.29 is 0 Å². The van der Waals surface area contributed by atoms with E-state index in [4.69, 9.17) is 5.41 Å². The quantitative estimate of drug-likeness (QED) is 0.540. The molecule has 0 heterocycles. The fourth-order valence-corrected chi connectivity index (χ4v) is 1.94. The summed E-state index contributed by atoms with van der Waals surface area (Å²) in [5.41, 5.74) is 0. The summed E-state index contributed by atoms with van der Waals surface area (Å²) in [6.45, 7) is 4.59. The Bertz CT molecular complexity index is 120. The summed E-state index contributed by atoms with van der Waals surface area (Å²) in [5, 5.41) is 7.17. The molecule has 1 heteroatoms. The van der Waals surface area contributed by atoms with E-state index in [0.717, 1.165) is 11.8 Å². The van der Waals surface area contributed by atoms with Crippen LogP contribution in [0.3, 0.4) is 0 Å². The lowest BCUT2D eigenvalue weighted by atomic mass is 9.76. The van der Waals surface area contributed by atoms with E-state index in [-0.39, 0.29) is 0 Å². The zero-order chi connectivity index (χ0) is 7.56. The minimum atomic E-state index is 0.580. The molecule has 1 N–H and O–H groups in total. The van der Waals surface area contributed by atoms with Gasteiger partial charge in [-0.05, 0) is 36.8 Å². The van der Waals surface area contributed by atoms with Crippen LogP contribution < -0.4 is 0 Å². The second-order valence-electron chi connectivity index (χ2n) is 3.73. The largest absolute Gasteiger partial charge is 0.313 e. The van der Waals surface area contributed by atoms with E-state index in [1.165, 1.54) is 19.3 Å². The molecule has 1 aliphatic rings. The van der Waals surface area contributed by atoms with E-state index in [9.17, 15) is 0 Å². The van der Waals surface area contributed by atoms with Crippen molar-refractivity contribution in [2.24, 2.45) is 17.8 Å². The molecule has 0 bridgehead atoms. The van der Waals surface area contributed by atoms with Gasteiger partial charge in [-0.1, -0.05) is 20.3 Å². The molecule has 0 amide bonds. The third-order valence-corrected chi connectivity index (χ3v) is 2.71. The topological polar surface area (TPSA) is 23.9 Å². The van der Waals surface area contributed by atoms with Crippen LogP contribution in [0.4, 0.5) is 0 Å². The van der Waals surface area contributed by atoms with E-state index < -0.39 is 0 Å². The molecule has 10 heavy (non-hydrogen) atoms. The Labute approximate surface area is 63.3 Å². The third kappa shape index (κ3) is 1.59. The first kappa shape index (κ1) is 7.77. The van der Waals surface area contributed by atoms with Crippen LogP contribution in [-0.2, 0) is 0 Å². The molecule has 58 valence electrons. The van der Waals surface area contributed by atoms with E-state index in [0.29, 0.717) is 5.92 Å². The molecule has 0 aromatic carbocycles. The van der Waals surface area contributed by atoms with E-state index in [1.54, 1.807) is 6.21 Å². The maximum absolute atomic E-state index is 7.17. The Balaban J connectivity index is 2.43. The maximum atomic E-state index is 7.17. The van der Waals surface area contributed by atoms with Gasteiger partial charge < -0.3 is 5.41 Å². The predicted molar refractivity (Wildman–Crippen MR) is 44.5 cm³/mol. The molecule has 3 unspecified atom stereocenters. The lowest BCUT2D eigenvalue weighted by Gasteiger charge is -2.29. The van der Waals surface area contributed by atoms with Crippen LogP contribution in [0.25, 0.3) is 0 Å². The SMILES string of the molecule is CC1CCC(C=N)C(C)C1. The summed E-state index contributed by atoms with van der Waals surface area (Å²) >= 11 is 0. The van der Waals surface area contributed by atoms with Crippen LogP contribution in [0, 0.1) is 23.2 Å². The van der Waals surface area contributed by atoms with Crippen LogP contribution in [0.1, 0.15) is 33.1 Å². The highest BCUT2D eigenvalue weighted by Gasteiger charge is 2.22. The van der Waals surface area contributed by atoms with Crippen molar-refractivity contribution >= 4 is 6.21 Å². The molecule has 3 atom stereocenters. The Morgan fingerprint density at radius 2 is 2.00 bits per heavy atom. The van der Waals surface area contributed by atoms with Gasteiger partial charge in [0.2, 0.25) is 0 Å². The number of rotatable bonds is 1. The molecule has 1 rings (SSSR count). The zero-order valence-corrected chi connectivity index (χ0v) is 6.93. The monoisotopic (exact) mass is 139 g/mol. The Kier molecular flexibility index (Phi) is 2.47. The molecule has 0 spiro atoms. The van der Waals surface area contributed by atoms with Gasteiger partial charge in [0, 0.05) is 0 Å². The molecule has 0 aromatic rings. The van der Waals surface area contributed by atoms with E-state index in [1.807, 2.05) is 0 Å². The van der Waals surface area contributed by atoms with Gasteiger partial charge in [0.05, 0.1) is 0 Å². The van der Waals surface area contributed by atoms with Crippen molar-refractivity contribution in [3.63, 3.8) is 0 Å². The normalized spacial score (nSPS) is 41.2. The summed E-state index contributed by atoms with van der Waals surface area (Å²) < 4.78 is 0. The maximum Gasteiger partial charge on any atom is -0.00141 e. The van der Waals surface area contributed by atoms with Gasteiger partial charge in [0.1, 0.15) is 0 Å². The highest BCUT2D eigenvalue weighted by atomic mass is 14.4. The Hall–Kier alpha value is -0.330. The van der Waals surface area contributed by atoms with Crippen LogP contribution in [-0.4, -0.2) is 6.21 Å². The van der Waals surface area contributed by atoms with Crippen LogP contribution in [0.15, 0.2) is 0 Å². The predicted octanol–water partition coefficient (Wildman–Crippen LogP) is 2.71. The van der Waals surface area contributed by atoms with Crippen molar-refractivity contribution in [3.8, 4) is 0 Å². The van der Waals surface area contributed by atoms with Crippen LogP contribution >= 0.6 is 0 Å². The number of nitrogens with one attached hydrogen (secondary N) is 1. The molecule has 1 saturated carbocycles. The van der Waals surface area contributed by atoms with Crippen LogP contribution in [0.2, 0.25) is 0 Å². The first-order valence-electron chi connectivity index (χ1n) is 4.24. The third-order valence-electron chi connectivity index (χ3n) is 2.71. The second-order valence-corrected chi connectivity index (χ2v) is 3.73. The molecule has 0 aliphatic heterocycles. The van der Waals surface area contributed by atoms with Gasteiger partial charge >= 0.3 is 0 Å². The molecule has 0 aromatic heterocycles. The first-order valence-corrected chi connectivity index (χ1v) is 4.24. The molecule has 0 radical (unpaired) electrons. The summed E-state index contributed by atoms with van der Waals surface area (Å²) in [4.78, 5) is 0. The Morgan fingerprint density at radius 3 is 2.50 bits per heavy atom. The lowest BCUT2D eigenvalue weighted by Crippen LogP contribution is -2.21. The van der Waals surface area contributed by atoms with Crippen molar-refractivity contribution in [3.05, 3.63) is 0 Å². The van der Waals surface area contributed by atoms with Gasteiger partial charge in [-0.25, -0.2) is 0 Å². The molecule has 0 saturated heterocycles. The van der Waals surface area contributed by atoms with E-state index in [2.05, 4.69) is 13.8 Å². The van der Waals surface area contributed by atoms with Crippen molar-refractivity contribution in [2.75, 3.05) is 0 Å². The minimum Gasteiger partial charge on any atom is -0.313 e. The number of hydrogen-bond acceptors (Lipinski definition) is 1. The summed E-state index contributed by atoms with van der Waals surface area (Å²) in [7, 11) is 0. The highest BCUT2D eigenvalue weighted by Crippen LogP contribution is 2.31. The molecular formula is C9H17N. The van der Waals surface area contributed by atoms with Gasteiger partial charge in [-0.3, -0.25) is 0 Å². The summed E-state index contributed by atoms with van der Waals surface area (Å²) in [5.74, 6) is 2.23. The minimum absolute atomic E-state index is 0.580.